The molecule has 4 nitrogen and oxygen atoms in total. The molecule has 1 atom stereocenters. The van der Waals surface area contributed by atoms with E-state index in [9.17, 15) is 14.7 Å². The van der Waals surface area contributed by atoms with Crippen LogP contribution in [0.15, 0.2) is 28.8 Å². The normalized spacial score (nSPS) is 23.5. The van der Waals surface area contributed by atoms with Crippen LogP contribution in [0.3, 0.4) is 0 Å². The summed E-state index contributed by atoms with van der Waals surface area (Å²) in [4.78, 5) is 24.1. The first-order valence-electron chi connectivity index (χ1n) is 5.26. The number of hydrogen-bond donors (Lipinski definition) is 1. The van der Waals surface area contributed by atoms with Gasteiger partial charge in [-0.3, -0.25) is 4.79 Å². The maximum absolute atomic E-state index is 11.7. The number of aliphatic hydroxyl groups excluding tert-OH is 1. The molecular formula is C12H12O4S. The highest BCUT2D eigenvalue weighted by molar-refractivity contribution is 7.09. The molecule has 0 aromatic carbocycles. The summed E-state index contributed by atoms with van der Waals surface area (Å²) in [5, 5.41) is 11.7. The number of cyclic esters (lactones) is 1. The second-order valence-electron chi connectivity index (χ2n) is 3.92. The molecule has 2 rings (SSSR count). The molecule has 5 heteroatoms. The van der Waals surface area contributed by atoms with Gasteiger partial charge < -0.3 is 9.84 Å². The van der Waals surface area contributed by atoms with E-state index < -0.39 is 12.1 Å². The molecular weight excluding hydrogens is 240 g/mol. The number of carbonyl (C=O) groups excluding carboxylic acids is 2. The van der Waals surface area contributed by atoms with E-state index in [1.807, 2.05) is 17.5 Å². The lowest BCUT2D eigenvalue weighted by Gasteiger charge is -2.20. The first-order chi connectivity index (χ1) is 8.08. The molecule has 1 saturated heterocycles. The van der Waals surface area contributed by atoms with Crippen LogP contribution in [0.5, 0.6) is 0 Å². The Hall–Kier alpha value is -1.62. The van der Waals surface area contributed by atoms with Crippen molar-refractivity contribution in [1.82, 2.24) is 0 Å². The largest absolute Gasteiger partial charge is 0.511 e. The number of thiophene rings is 1. The molecule has 0 bridgehead atoms. The predicted molar refractivity (Wildman–Crippen MR) is 62.9 cm³/mol. The summed E-state index contributed by atoms with van der Waals surface area (Å²) >= 11 is 1.46. The Morgan fingerprint density at radius 1 is 1.59 bits per heavy atom. The third-order valence-electron chi connectivity index (χ3n) is 2.47. The van der Waals surface area contributed by atoms with Gasteiger partial charge in [-0.2, -0.15) is 0 Å². The number of ketones is 1. The standard InChI is InChI=1S/C12H12O4S/c1-7-5-9(13)11(12(15)16-7)10(14)6-8-3-2-4-17-8/h2-4,7,14H,5-6H2,1H3. The third-order valence-corrected chi connectivity index (χ3v) is 3.35. The van der Waals surface area contributed by atoms with Crippen LogP contribution in [0.2, 0.25) is 0 Å². The zero-order chi connectivity index (χ0) is 12.4. The topological polar surface area (TPSA) is 63.6 Å². The van der Waals surface area contributed by atoms with Crippen molar-refractivity contribution in [2.24, 2.45) is 0 Å². The number of esters is 1. The SMILES string of the molecule is CC1CC(=O)C(=C(O)Cc2cccs2)C(=O)O1. The Labute approximate surface area is 103 Å². The van der Waals surface area contributed by atoms with Gasteiger partial charge in [0.25, 0.3) is 0 Å². The highest BCUT2D eigenvalue weighted by Gasteiger charge is 2.32. The molecule has 0 radical (unpaired) electrons. The Bertz CT molecular complexity index is 453. The molecule has 1 fully saturated rings. The molecule has 0 aliphatic carbocycles. The quantitative estimate of drug-likeness (QED) is 0.378. The summed E-state index contributed by atoms with van der Waals surface area (Å²) in [6, 6.07) is 3.68. The minimum absolute atomic E-state index is 0.134. The van der Waals surface area contributed by atoms with E-state index in [2.05, 4.69) is 0 Å². The molecule has 1 aliphatic rings. The van der Waals surface area contributed by atoms with E-state index in [0.29, 0.717) is 0 Å². The van der Waals surface area contributed by atoms with Crippen molar-refractivity contribution in [2.45, 2.75) is 25.9 Å². The van der Waals surface area contributed by atoms with Gasteiger partial charge in [-0.1, -0.05) is 6.07 Å². The minimum Gasteiger partial charge on any atom is -0.511 e. The Balaban J connectivity index is 2.24. The van der Waals surface area contributed by atoms with Crippen molar-refractivity contribution in [3.63, 3.8) is 0 Å². The summed E-state index contributed by atoms with van der Waals surface area (Å²) in [6.07, 6.45) is -0.0778. The lowest BCUT2D eigenvalue weighted by Crippen LogP contribution is -2.31. The summed E-state index contributed by atoms with van der Waals surface area (Å²) in [5.41, 5.74) is -0.198. The first kappa shape index (κ1) is 11.9. The number of carbonyl (C=O) groups is 2. The fraction of sp³-hybridized carbons (Fsp3) is 0.333. The molecule has 1 unspecified atom stereocenters. The molecule has 1 aromatic rings. The highest BCUT2D eigenvalue weighted by atomic mass is 32.1. The molecule has 0 amide bonds. The number of rotatable bonds is 2. The summed E-state index contributed by atoms with van der Waals surface area (Å²) in [5.74, 6) is -1.26. The van der Waals surface area contributed by atoms with Gasteiger partial charge in [0.15, 0.2) is 5.78 Å². The van der Waals surface area contributed by atoms with Crippen LogP contribution in [-0.4, -0.2) is 23.0 Å². The molecule has 0 spiro atoms. The van der Waals surface area contributed by atoms with Crippen LogP contribution in [0.1, 0.15) is 18.2 Å². The van der Waals surface area contributed by atoms with Gasteiger partial charge in [0, 0.05) is 17.7 Å². The average Bonchev–Trinajstić information content (AvgIpc) is 2.68. The van der Waals surface area contributed by atoms with Crippen molar-refractivity contribution in [3.05, 3.63) is 33.7 Å². The van der Waals surface area contributed by atoms with Crippen molar-refractivity contribution >= 4 is 23.1 Å². The van der Waals surface area contributed by atoms with E-state index in [1.54, 1.807) is 6.92 Å². The van der Waals surface area contributed by atoms with Gasteiger partial charge in [-0.25, -0.2) is 4.79 Å². The number of aliphatic hydroxyl groups is 1. The molecule has 1 aromatic heterocycles. The Morgan fingerprint density at radius 3 is 2.94 bits per heavy atom. The smallest absolute Gasteiger partial charge is 0.345 e. The second-order valence-corrected chi connectivity index (χ2v) is 4.95. The Kier molecular flexibility index (Phi) is 3.28. The number of ether oxygens (including phenoxy) is 1. The molecule has 17 heavy (non-hydrogen) atoms. The fourth-order valence-corrected chi connectivity index (χ4v) is 2.41. The summed E-state index contributed by atoms with van der Waals surface area (Å²) in [6.45, 7) is 1.66. The van der Waals surface area contributed by atoms with Crippen molar-refractivity contribution in [2.75, 3.05) is 0 Å². The van der Waals surface area contributed by atoms with Crippen LogP contribution in [0.25, 0.3) is 0 Å². The van der Waals surface area contributed by atoms with Crippen molar-refractivity contribution in [3.8, 4) is 0 Å². The van der Waals surface area contributed by atoms with Crippen LogP contribution in [-0.2, 0) is 20.7 Å². The van der Waals surface area contributed by atoms with Crippen LogP contribution in [0.4, 0.5) is 0 Å². The van der Waals surface area contributed by atoms with Gasteiger partial charge in [-0.15, -0.1) is 11.3 Å². The van der Waals surface area contributed by atoms with Crippen molar-refractivity contribution < 1.29 is 19.4 Å². The van der Waals surface area contributed by atoms with Crippen LogP contribution in [0, 0.1) is 0 Å². The Morgan fingerprint density at radius 2 is 2.35 bits per heavy atom. The molecule has 90 valence electrons. The second kappa shape index (κ2) is 4.71. The number of Topliss-reactive ketones (excluding diaryl/α,β-unsaturated/α-hetero) is 1. The molecule has 0 saturated carbocycles. The lowest BCUT2D eigenvalue weighted by molar-refractivity contribution is -0.150. The van der Waals surface area contributed by atoms with E-state index in [0.717, 1.165) is 4.88 Å². The van der Waals surface area contributed by atoms with E-state index in [-0.39, 0.29) is 30.0 Å². The van der Waals surface area contributed by atoms with E-state index in [1.165, 1.54) is 11.3 Å². The van der Waals surface area contributed by atoms with Gasteiger partial charge >= 0.3 is 5.97 Å². The third kappa shape index (κ3) is 2.55. The van der Waals surface area contributed by atoms with Crippen LogP contribution >= 0.6 is 11.3 Å². The maximum atomic E-state index is 11.7. The number of allylic oxidation sites excluding steroid dienone is 1. The van der Waals surface area contributed by atoms with E-state index in [4.69, 9.17) is 4.74 Å². The monoisotopic (exact) mass is 252 g/mol. The van der Waals surface area contributed by atoms with Crippen molar-refractivity contribution in [1.29, 1.82) is 0 Å². The fourth-order valence-electron chi connectivity index (χ4n) is 1.71. The average molecular weight is 252 g/mol. The highest BCUT2D eigenvalue weighted by Crippen LogP contribution is 2.21. The van der Waals surface area contributed by atoms with Gasteiger partial charge in [-0.05, 0) is 18.4 Å². The number of hydrogen-bond acceptors (Lipinski definition) is 5. The van der Waals surface area contributed by atoms with Gasteiger partial charge in [0.05, 0.1) is 0 Å². The molecule has 2 heterocycles. The van der Waals surface area contributed by atoms with Gasteiger partial charge in [0.2, 0.25) is 0 Å². The summed E-state index contributed by atoms with van der Waals surface area (Å²) < 4.78 is 4.94. The maximum Gasteiger partial charge on any atom is 0.345 e. The molecule has 1 N–H and O–H groups in total. The lowest BCUT2D eigenvalue weighted by atomic mass is 10.0. The molecule has 1 aliphatic heterocycles. The van der Waals surface area contributed by atoms with Gasteiger partial charge in [0.1, 0.15) is 17.4 Å². The predicted octanol–water partition coefficient (Wildman–Crippen LogP) is 2.01. The van der Waals surface area contributed by atoms with E-state index >= 15 is 0 Å². The van der Waals surface area contributed by atoms with Crippen LogP contribution < -0.4 is 0 Å². The zero-order valence-electron chi connectivity index (χ0n) is 9.30. The first-order valence-corrected chi connectivity index (χ1v) is 6.14. The zero-order valence-corrected chi connectivity index (χ0v) is 10.1. The minimum atomic E-state index is -0.720. The summed E-state index contributed by atoms with van der Waals surface area (Å²) in [7, 11) is 0.